The van der Waals surface area contributed by atoms with E-state index in [0.29, 0.717) is 17.0 Å². The number of unbranched alkanes of at least 4 members (excludes halogenated alkanes) is 1. The van der Waals surface area contributed by atoms with Crippen LogP contribution in [0.1, 0.15) is 35.7 Å². The van der Waals surface area contributed by atoms with Crippen LogP contribution in [0.15, 0.2) is 40.9 Å². The van der Waals surface area contributed by atoms with Gasteiger partial charge in [-0.3, -0.25) is 4.79 Å². The number of nitrogens with zero attached hydrogens (tertiary/aromatic N) is 1. The molecule has 0 aliphatic heterocycles. The Morgan fingerprint density at radius 1 is 1.24 bits per heavy atom. The zero-order chi connectivity index (χ0) is 18.4. The summed E-state index contributed by atoms with van der Waals surface area (Å²) in [7, 11) is 3.67. The molecule has 0 bridgehead atoms. The van der Waals surface area contributed by atoms with Crippen molar-refractivity contribution in [1.29, 1.82) is 0 Å². The van der Waals surface area contributed by atoms with Crippen molar-refractivity contribution in [2.24, 2.45) is 0 Å². The summed E-state index contributed by atoms with van der Waals surface area (Å²) in [6, 6.07) is 11.5. The van der Waals surface area contributed by atoms with E-state index in [2.05, 4.69) is 40.1 Å². The van der Waals surface area contributed by atoms with Crippen LogP contribution in [-0.4, -0.2) is 26.6 Å². The van der Waals surface area contributed by atoms with Crippen molar-refractivity contribution in [1.82, 2.24) is 0 Å². The zero-order valence-corrected chi connectivity index (χ0v) is 16.8. The van der Waals surface area contributed by atoms with Crippen LogP contribution in [0.4, 0.5) is 11.4 Å². The van der Waals surface area contributed by atoms with Gasteiger partial charge in [0, 0.05) is 29.3 Å². The van der Waals surface area contributed by atoms with Crippen molar-refractivity contribution in [3.63, 3.8) is 0 Å². The molecule has 2 aromatic carbocycles. The maximum atomic E-state index is 12.6. The monoisotopic (exact) mass is 404 g/mol. The topological polar surface area (TPSA) is 41.6 Å². The first-order chi connectivity index (χ1) is 12.0. The van der Waals surface area contributed by atoms with Crippen LogP contribution >= 0.6 is 15.9 Å². The summed E-state index contributed by atoms with van der Waals surface area (Å²) in [6.07, 6.45) is 2.32. The fourth-order valence-corrected chi connectivity index (χ4v) is 3.16. The fraction of sp³-hybridized carbons (Fsp3) is 0.350. The summed E-state index contributed by atoms with van der Waals surface area (Å²) >= 11 is 3.44. The number of methoxy groups -OCH3 is 1. The number of rotatable bonds is 7. The average Bonchev–Trinajstić information content (AvgIpc) is 2.61. The van der Waals surface area contributed by atoms with Crippen molar-refractivity contribution in [2.75, 3.05) is 30.9 Å². The number of benzene rings is 2. The van der Waals surface area contributed by atoms with Crippen molar-refractivity contribution in [2.45, 2.75) is 26.7 Å². The Morgan fingerprint density at radius 3 is 2.52 bits per heavy atom. The summed E-state index contributed by atoms with van der Waals surface area (Å²) in [6.45, 7) is 5.13. The van der Waals surface area contributed by atoms with Gasteiger partial charge in [-0.1, -0.05) is 29.3 Å². The highest BCUT2D eigenvalue weighted by molar-refractivity contribution is 9.10. The highest BCUT2D eigenvalue weighted by atomic mass is 79.9. The Hall–Kier alpha value is -2.01. The van der Waals surface area contributed by atoms with Crippen LogP contribution in [0.5, 0.6) is 5.75 Å². The second-order valence-corrected chi connectivity index (χ2v) is 6.99. The maximum Gasteiger partial charge on any atom is 0.255 e. The molecule has 0 unspecified atom stereocenters. The predicted octanol–water partition coefficient (Wildman–Crippen LogP) is 5.25. The van der Waals surface area contributed by atoms with E-state index >= 15 is 0 Å². The minimum atomic E-state index is -0.147. The molecule has 5 heteroatoms. The standard InChI is InChI=1S/C20H25BrN2O2/c1-5-6-11-23(3)17-9-7-15(8-10-17)20(24)22-19-14(2)12-16(21)13-18(19)25-4/h7-10,12-13H,5-6,11H2,1-4H3,(H,22,24). The number of aryl methyl sites for hydroxylation is 1. The Labute approximate surface area is 158 Å². The summed E-state index contributed by atoms with van der Waals surface area (Å²) < 4.78 is 6.30. The number of hydrogen-bond donors (Lipinski definition) is 1. The van der Waals surface area contributed by atoms with E-state index in [4.69, 9.17) is 4.74 Å². The molecule has 4 nitrogen and oxygen atoms in total. The molecule has 2 rings (SSSR count). The van der Waals surface area contributed by atoms with Gasteiger partial charge in [0.1, 0.15) is 5.75 Å². The van der Waals surface area contributed by atoms with Crippen LogP contribution in [0.3, 0.4) is 0 Å². The number of nitrogens with one attached hydrogen (secondary N) is 1. The fourth-order valence-electron chi connectivity index (χ4n) is 2.61. The van der Waals surface area contributed by atoms with Crippen molar-refractivity contribution in [3.8, 4) is 5.75 Å². The predicted molar refractivity (Wildman–Crippen MR) is 108 cm³/mol. The minimum absolute atomic E-state index is 0.147. The smallest absolute Gasteiger partial charge is 0.255 e. The molecule has 1 amide bonds. The largest absolute Gasteiger partial charge is 0.495 e. The number of hydrogen-bond acceptors (Lipinski definition) is 3. The Balaban J connectivity index is 2.14. The van der Waals surface area contributed by atoms with Crippen LogP contribution in [0.2, 0.25) is 0 Å². The van der Waals surface area contributed by atoms with E-state index in [0.717, 1.165) is 28.7 Å². The third-order valence-electron chi connectivity index (χ3n) is 4.14. The van der Waals surface area contributed by atoms with Crippen LogP contribution in [0.25, 0.3) is 0 Å². The third kappa shape index (κ3) is 4.98. The zero-order valence-electron chi connectivity index (χ0n) is 15.2. The van der Waals surface area contributed by atoms with Gasteiger partial charge < -0.3 is 15.0 Å². The molecule has 0 atom stereocenters. The lowest BCUT2D eigenvalue weighted by Crippen LogP contribution is -2.18. The Morgan fingerprint density at radius 2 is 1.92 bits per heavy atom. The van der Waals surface area contributed by atoms with Crippen LogP contribution in [-0.2, 0) is 0 Å². The molecule has 0 aromatic heterocycles. The minimum Gasteiger partial charge on any atom is -0.495 e. The van der Waals surface area contributed by atoms with Crippen molar-refractivity contribution in [3.05, 3.63) is 52.0 Å². The molecule has 134 valence electrons. The molecule has 0 heterocycles. The molecule has 25 heavy (non-hydrogen) atoms. The van der Waals surface area contributed by atoms with Crippen LogP contribution < -0.4 is 15.0 Å². The number of halogens is 1. The van der Waals surface area contributed by atoms with Gasteiger partial charge in [-0.05, 0) is 55.3 Å². The summed E-state index contributed by atoms with van der Waals surface area (Å²) in [4.78, 5) is 14.8. The van der Waals surface area contributed by atoms with E-state index in [1.807, 2.05) is 43.3 Å². The van der Waals surface area contributed by atoms with E-state index in [9.17, 15) is 4.79 Å². The number of amides is 1. The quantitative estimate of drug-likeness (QED) is 0.684. The molecule has 0 saturated carbocycles. The van der Waals surface area contributed by atoms with Crippen molar-refractivity contribution < 1.29 is 9.53 Å². The molecule has 0 aliphatic rings. The van der Waals surface area contributed by atoms with Gasteiger partial charge in [0.05, 0.1) is 12.8 Å². The normalized spacial score (nSPS) is 10.4. The van der Waals surface area contributed by atoms with Gasteiger partial charge in [-0.2, -0.15) is 0 Å². The SMILES string of the molecule is CCCCN(C)c1ccc(C(=O)Nc2c(C)cc(Br)cc2OC)cc1. The van der Waals surface area contributed by atoms with E-state index in [1.165, 1.54) is 6.42 Å². The summed E-state index contributed by atoms with van der Waals surface area (Å²) in [5.41, 5.74) is 3.37. The van der Waals surface area contributed by atoms with E-state index in [1.54, 1.807) is 7.11 Å². The molecule has 2 aromatic rings. The van der Waals surface area contributed by atoms with Gasteiger partial charge >= 0.3 is 0 Å². The van der Waals surface area contributed by atoms with Crippen molar-refractivity contribution >= 4 is 33.2 Å². The van der Waals surface area contributed by atoms with Gasteiger partial charge in [-0.25, -0.2) is 0 Å². The lowest BCUT2D eigenvalue weighted by molar-refractivity contribution is 0.102. The molecule has 0 fully saturated rings. The Kier molecular flexibility index (Phi) is 6.88. The molecular weight excluding hydrogens is 380 g/mol. The lowest BCUT2D eigenvalue weighted by atomic mass is 10.1. The number of ether oxygens (including phenoxy) is 1. The first-order valence-corrected chi connectivity index (χ1v) is 9.22. The highest BCUT2D eigenvalue weighted by Crippen LogP contribution is 2.32. The maximum absolute atomic E-state index is 12.6. The first kappa shape index (κ1) is 19.3. The van der Waals surface area contributed by atoms with Gasteiger partial charge in [-0.15, -0.1) is 0 Å². The van der Waals surface area contributed by atoms with Gasteiger partial charge in [0.2, 0.25) is 0 Å². The van der Waals surface area contributed by atoms with Crippen LogP contribution in [0, 0.1) is 6.92 Å². The molecule has 0 spiro atoms. The molecule has 0 saturated heterocycles. The van der Waals surface area contributed by atoms with E-state index < -0.39 is 0 Å². The lowest BCUT2D eigenvalue weighted by Gasteiger charge is -2.19. The summed E-state index contributed by atoms with van der Waals surface area (Å²) in [5, 5.41) is 2.96. The molecule has 0 radical (unpaired) electrons. The third-order valence-corrected chi connectivity index (χ3v) is 4.60. The molecule has 1 N–H and O–H groups in total. The average molecular weight is 405 g/mol. The molecular formula is C20H25BrN2O2. The summed E-state index contributed by atoms with van der Waals surface area (Å²) in [5.74, 6) is 0.489. The number of anilines is 2. The van der Waals surface area contributed by atoms with Gasteiger partial charge in [0.15, 0.2) is 0 Å². The number of carbonyl (C=O) groups excluding carboxylic acids is 1. The number of carbonyl (C=O) groups is 1. The van der Waals surface area contributed by atoms with Gasteiger partial charge in [0.25, 0.3) is 5.91 Å². The second-order valence-electron chi connectivity index (χ2n) is 6.08. The highest BCUT2D eigenvalue weighted by Gasteiger charge is 2.13. The Bertz CT molecular complexity index is 729. The second kappa shape index (κ2) is 8.90. The van der Waals surface area contributed by atoms with E-state index in [-0.39, 0.29) is 5.91 Å². The molecule has 0 aliphatic carbocycles. The first-order valence-electron chi connectivity index (χ1n) is 8.43.